The lowest BCUT2D eigenvalue weighted by Crippen LogP contribution is -2.55. The Morgan fingerprint density at radius 2 is 1.85 bits per heavy atom. The maximum Gasteiger partial charge on any atom is 0.443 e. The summed E-state index contributed by atoms with van der Waals surface area (Å²) in [5.74, 6) is -1.50. The molecule has 0 aromatic heterocycles. The largest absolute Gasteiger partial charge is 0.443 e. The van der Waals surface area contributed by atoms with E-state index in [1.807, 2.05) is 0 Å². The van der Waals surface area contributed by atoms with Crippen LogP contribution in [-0.2, 0) is 15.3 Å². The van der Waals surface area contributed by atoms with Crippen LogP contribution in [0, 0.1) is 0 Å². The summed E-state index contributed by atoms with van der Waals surface area (Å²) in [6.07, 6.45) is -3.49. The van der Waals surface area contributed by atoms with Crippen LogP contribution in [0.3, 0.4) is 0 Å². The van der Waals surface area contributed by atoms with Crippen molar-refractivity contribution in [1.82, 2.24) is 5.06 Å². The number of Topliss-reactive ketones (excluding diaryl/α,β-unsaturated/α-hetero) is 1. The van der Waals surface area contributed by atoms with Crippen LogP contribution in [0.15, 0.2) is 24.3 Å². The van der Waals surface area contributed by atoms with E-state index in [1.165, 1.54) is 18.2 Å². The molecular formula is C17H20F3NO5. The first kappa shape index (κ1) is 20.3. The van der Waals surface area contributed by atoms with Crippen LogP contribution >= 0.6 is 0 Å². The predicted octanol–water partition coefficient (Wildman–Crippen LogP) is 2.78. The number of hydroxylamine groups is 2. The molecule has 0 radical (unpaired) electrons. The lowest BCUT2D eigenvalue weighted by atomic mass is 10.0. The number of unbranched alkanes of at least 4 members (excludes halogenated alkanes) is 2. The number of fused-ring (bicyclic) bond motifs is 1. The third-order valence-electron chi connectivity index (χ3n) is 4.20. The SMILES string of the molecule is O=C(CCCCCO)CCOC1(C(F)(F)F)c2ccccc2C(=O)N1O. The first-order chi connectivity index (χ1) is 12.3. The number of hydrogen-bond acceptors (Lipinski definition) is 5. The molecule has 0 saturated heterocycles. The Balaban J connectivity index is 2.10. The Morgan fingerprint density at radius 1 is 1.15 bits per heavy atom. The van der Waals surface area contributed by atoms with E-state index in [-0.39, 0.29) is 30.8 Å². The summed E-state index contributed by atoms with van der Waals surface area (Å²) < 4.78 is 46.2. The van der Waals surface area contributed by atoms with E-state index in [2.05, 4.69) is 0 Å². The molecule has 144 valence electrons. The monoisotopic (exact) mass is 375 g/mol. The number of rotatable bonds is 9. The van der Waals surface area contributed by atoms with Gasteiger partial charge in [-0.05, 0) is 18.9 Å². The summed E-state index contributed by atoms with van der Waals surface area (Å²) in [5, 5.41) is 18.1. The van der Waals surface area contributed by atoms with Crippen LogP contribution < -0.4 is 0 Å². The van der Waals surface area contributed by atoms with Gasteiger partial charge in [-0.15, -0.1) is 0 Å². The zero-order chi connectivity index (χ0) is 19.4. The molecule has 1 aromatic carbocycles. The van der Waals surface area contributed by atoms with Crippen molar-refractivity contribution in [3.63, 3.8) is 0 Å². The van der Waals surface area contributed by atoms with Gasteiger partial charge in [0, 0.05) is 25.0 Å². The molecule has 0 bridgehead atoms. The van der Waals surface area contributed by atoms with Crippen LogP contribution in [0.5, 0.6) is 0 Å². The molecule has 0 spiro atoms. The number of ketones is 1. The van der Waals surface area contributed by atoms with Gasteiger partial charge in [0.2, 0.25) is 0 Å². The van der Waals surface area contributed by atoms with Gasteiger partial charge in [0.1, 0.15) is 5.78 Å². The van der Waals surface area contributed by atoms with Crippen molar-refractivity contribution in [2.45, 2.75) is 44.0 Å². The normalized spacial score (nSPS) is 19.7. The van der Waals surface area contributed by atoms with Crippen molar-refractivity contribution in [2.24, 2.45) is 0 Å². The molecule has 1 atom stereocenters. The number of hydrogen-bond donors (Lipinski definition) is 2. The minimum Gasteiger partial charge on any atom is -0.396 e. The van der Waals surface area contributed by atoms with Gasteiger partial charge < -0.3 is 9.84 Å². The molecule has 26 heavy (non-hydrogen) atoms. The molecule has 0 saturated carbocycles. The molecule has 1 aliphatic heterocycles. The fourth-order valence-electron chi connectivity index (χ4n) is 2.88. The molecule has 1 amide bonds. The second-order valence-electron chi connectivity index (χ2n) is 5.98. The number of alkyl halides is 3. The van der Waals surface area contributed by atoms with Gasteiger partial charge in [0.15, 0.2) is 0 Å². The average molecular weight is 375 g/mol. The van der Waals surface area contributed by atoms with Crippen molar-refractivity contribution in [2.75, 3.05) is 13.2 Å². The minimum absolute atomic E-state index is 0.0190. The molecule has 1 heterocycles. The number of halogens is 3. The van der Waals surface area contributed by atoms with Crippen molar-refractivity contribution in [3.05, 3.63) is 35.4 Å². The fraction of sp³-hybridized carbons (Fsp3) is 0.529. The molecule has 2 N–H and O–H groups in total. The number of aliphatic hydroxyl groups excluding tert-OH is 1. The van der Waals surface area contributed by atoms with Gasteiger partial charge in [-0.3, -0.25) is 14.8 Å². The number of carbonyl (C=O) groups is 2. The van der Waals surface area contributed by atoms with Gasteiger partial charge >= 0.3 is 6.18 Å². The molecule has 9 heteroatoms. The van der Waals surface area contributed by atoms with Crippen LogP contribution in [0.4, 0.5) is 13.2 Å². The molecule has 2 rings (SSSR count). The van der Waals surface area contributed by atoms with E-state index in [9.17, 15) is 28.0 Å². The third-order valence-corrected chi connectivity index (χ3v) is 4.20. The predicted molar refractivity (Wildman–Crippen MR) is 83.3 cm³/mol. The standard InChI is InChI=1S/C17H20F3NO5/c18-17(19,20)16(26-11-9-12(23)6-2-1-5-10-22)14-8-4-3-7-13(14)15(24)21(16)25/h3-4,7-8,22,25H,1-2,5-6,9-11H2. The zero-order valence-corrected chi connectivity index (χ0v) is 14.0. The zero-order valence-electron chi connectivity index (χ0n) is 14.0. The van der Waals surface area contributed by atoms with E-state index in [4.69, 9.17) is 9.84 Å². The average Bonchev–Trinajstić information content (AvgIpc) is 2.81. The highest BCUT2D eigenvalue weighted by atomic mass is 19.4. The number of aliphatic hydroxyl groups is 1. The number of benzene rings is 1. The Bertz CT molecular complexity index is 664. The van der Waals surface area contributed by atoms with Gasteiger partial charge in [0.05, 0.1) is 12.2 Å². The van der Waals surface area contributed by atoms with Crippen LogP contribution in [-0.4, -0.2) is 46.5 Å². The summed E-state index contributed by atoms with van der Waals surface area (Å²) in [5.41, 5.74) is -4.13. The van der Waals surface area contributed by atoms with E-state index >= 15 is 0 Å². The molecule has 0 aliphatic carbocycles. The molecule has 0 fully saturated rings. The molecule has 1 aromatic rings. The number of carbonyl (C=O) groups excluding carboxylic acids is 2. The van der Waals surface area contributed by atoms with Crippen LogP contribution in [0.1, 0.15) is 48.0 Å². The van der Waals surface area contributed by atoms with Crippen molar-refractivity contribution in [1.29, 1.82) is 0 Å². The minimum atomic E-state index is -5.10. The van der Waals surface area contributed by atoms with E-state index in [0.29, 0.717) is 19.3 Å². The Labute approximate surface area is 148 Å². The van der Waals surface area contributed by atoms with E-state index in [1.54, 1.807) is 0 Å². The fourth-order valence-corrected chi connectivity index (χ4v) is 2.88. The summed E-state index contributed by atoms with van der Waals surface area (Å²) >= 11 is 0. The Hall–Kier alpha value is -1.97. The highest BCUT2D eigenvalue weighted by Gasteiger charge is 2.68. The van der Waals surface area contributed by atoms with Gasteiger partial charge in [-0.1, -0.05) is 24.6 Å². The molecule has 1 unspecified atom stereocenters. The first-order valence-corrected chi connectivity index (χ1v) is 8.22. The number of amides is 1. The maximum atomic E-state index is 13.7. The first-order valence-electron chi connectivity index (χ1n) is 8.22. The summed E-state index contributed by atoms with van der Waals surface area (Å²) in [6, 6.07) is 4.92. The van der Waals surface area contributed by atoms with Gasteiger partial charge in [-0.2, -0.15) is 18.2 Å². The molecule has 6 nitrogen and oxygen atoms in total. The highest BCUT2D eigenvalue weighted by Crippen LogP contribution is 2.49. The van der Waals surface area contributed by atoms with Crippen molar-refractivity contribution < 1.29 is 37.8 Å². The lowest BCUT2D eigenvalue weighted by Gasteiger charge is -2.36. The lowest BCUT2D eigenvalue weighted by molar-refractivity contribution is -0.377. The van der Waals surface area contributed by atoms with Crippen molar-refractivity contribution >= 4 is 11.7 Å². The van der Waals surface area contributed by atoms with Crippen LogP contribution in [0.25, 0.3) is 0 Å². The van der Waals surface area contributed by atoms with Gasteiger partial charge in [0.25, 0.3) is 11.6 Å². The van der Waals surface area contributed by atoms with Gasteiger partial charge in [-0.25, -0.2) is 0 Å². The summed E-state index contributed by atoms with van der Waals surface area (Å²) in [7, 11) is 0. The smallest absolute Gasteiger partial charge is 0.396 e. The summed E-state index contributed by atoms with van der Waals surface area (Å²) in [4.78, 5) is 23.7. The van der Waals surface area contributed by atoms with Crippen molar-refractivity contribution in [3.8, 4) is 0 Å². The second-order valence-corrected chi connectivity index (χ2v) is 5.98. The Kier molecular flexibility index (Phi) is 6.38. The number of nitrogens with zero attached hydrogens (tertiary/aromatic N) is 1. The van der Waals surface area contributed by atoms with E-state index in [0.717, 1.165) is 6.07 Å². The maximum absolute atomic E-state index is 13.7. The van der Waals surface area contributed by atoms with Crippen LogP contribution in [0.2, 0.25) is 0 Å². The van der Waals surface area contributed by atoms with E-state index < -0.39 is 35.0 Å². The topological polar surface area (TPSA) is 87.1 Å². The number of ether oxygens (including phenoxy) is 1. The molecule has 1 aliphatic rings. The quantitative estimate of drug-likeness (QED) is 0.512. The summed E-state index contributed by atoms with van der Waals surface area (Å²) in [6.45, 7) is -0.581. The third kappa shape index (κ3) is 3.74. The molecular weight excluding hydrogens is 355 g/mol. The highest BCUT2D eigenvalue weighted by molar-refractivity contribution is 5.99. The second kappa shape index (κ2) is 8.15. The Morgan fingerprint density at radius 3 is 2.50 bits per heavy atom.